The van der Waals surface area contributed by atoms with E-state index in [1.54, 1.807) is 18.1 Å². The molecule has 1 saturated heterocycles. The van der Waals surface area contributed by atoms with Crippen molar-refractivity contribution >= 4 is 11.8 Å². The Hall–Kier alpha value is -2.09. The Bertz CT molecular complexity index is 753. The molecular weight excluding hydrogens is 385 g/mol. The number of amides is 2. The number of nitrogens with zero attached hydrogens (tertiary/aromatic N) is 1. The predicted molar refractivity (Wildman–Crippen MR) is 101 cm³/mol. The van der Waals surface area contributed by atoms with Crippen LogP contribution in [0.2, 0.25) is 0 Å². The summed E-state index contributed by atoms with van der Waals surface area (Å²) < 4.78 is 43.9. The van der Waals surface area contributed by atoms with E-state index in [2.05, 4.69) is 5.32 Å². The van der Waals surface area contributed by atoms with E-state index in [9.17, 15) is 22.8 Å². The maximum Gasteiger partial charge on any atom is 0.416 e. The van der Waals surface area contributed by atoms with Crippen LogP contribution in [0.4, 0.5) is 13.2 Å². The summed E-state index contributed by atoms with van der Waals surface area (Å²) >= 11 is 0. The number of benzene rings is 1. The molecule has 1 aliphatic heterocycles. The fourth-order valence-electron chi connectivity index (χ4n) is 4.68. The molecule has 2 amide bonds. The molecule has 1 aromatic carbocycles. The molecule has 1 saturated carbocycles. The zero-order chi connectivity index (χ0) is 21.1. The van der Waals surface area contributed by atoms with Crippen LogP contribution in [0.25, 0.3) is 0 Å². The van der Waals surface area contributed by atoms with E-state index in [1.165, 1.54) is 6.07 Å². The van der Waals surface area contributed by atoms with E-state index in [0.29, 0.717) is 38.0 Å². The highest BCUT2D eigenvalue weighted by Crippen LogP contribution is 2.46. The van der Waals surface area contributed by atoms with Gasteiger partial charge in [0.25, 0.3) is 0 Å². The van der Waals surface area contributed by atoms with Crippen LogP contribution in [0.15, 0.2) is 24.3 Å². The minimum atomic E-state index is -4.42. The average molecular weight is 412 g/mol. The lowest BCUT2D eigenvalue weighted by molar-refractivity contribution is -0.156. The van der Waals surface area contributed by atoms with Gasteiger partial charge >= 0.3 is 6.18 Å². The van der Waals surface area contributed by atoms with Crippen LogP contribution in [0.1, 0.15) is 49.7 Å². The first-order chi connectivity index (χ1) is 13.8. The van der Waals surface area contributed by atoms with E-state index in [-0.39, 0.29) is 24.4 Å². The second kappa shape index (κ2) is 8.73. The molecule has 8 heteroatoms. The van der Waals surface area contributed by atoms with Gasteiger partial charge in [-0.3, -0.25) is 9.59 Å². The molecule has 2 fully saturated rings. The number of halogens is 3. The molecule has 5 nitrogen and oxygen atoms in total. The van der Waals surface area contributed by atoms with Crippen LogP contribution >= 0.6 is 0 Å². The molecule has 0 unspecified atom stereocenters. The second-order valence-corrected chi connectivity index (χ2v) is 7.88. The van der Waals surface area contributed by atoms with Gasteiger partial charge in [0, 0.05) is 32.7 Å². The van der Waals surface area contributed by atoms with Gasteiger partial charge < -0.3 is 15.0 Å². The highest BCUT2D eigenvalue weighted by molar-refractivity contribution is 5.88. The van der Waals surface area contributed by atoms with Gasteiger partial charge in [0.05, 0.1) is 17.6 Å². The molecule has 2 atom stereocenters. The number of hydrogen-bond donors (Lipinski definition) is 1. The molecule has 2 aliphatic rings. The standard InChI is InChI=1S/C21H27F3N2O3/c1-29-12-11-26-17-7-2-3-9-20(17,10-8-18(26)27)19(28)25-14-15-5-4-6-16(13-15)21(22,23)24/h4-6,13,17H,2-3,7-12,14H2,1H3,(H,25,28)/t17-,20-/m1/s1. The lowest BCUT2D eigenvalue weighted by Gasteiger charge is -2.51. The Balaban J connectivity index is 1.75. The number of fused-ring (bicyclic) bond motifs is 1. The van der Waals surface area contributed by atoms with Crippen LogP contribution in [0, 0.1) is 5.41 Å². The van der Waals surface area contributed by atoms with Crippen LogP contribution in [0.5, 0.6) is 0 Å². The van der Waals surface area contributed by atoms with Gasteiger partial charge in [-0.2, -0.15) is 13.2 Å². The third kappa shape index (κ3) is 4.57. The van der Waals surface area contributed by atoms with E-state index in [4.69, 9.17) is 4.74 Å². The number of nitrogens with one attached hydrogen (secondary N) is 1. The van der Waals surface area contributed by atoms with Crippen molar-refractivity contribution in [2.24, 2.45) is 5.41 Å². The molecular formula is C21H27F3N2O3. The SMILES string of the molecule is COCCN1C(=O)CC[C@]2(C(=O)NCc3cccc(C(F)(F)F)c3)CCCC[C@@H]12. The monoisotopic (exact) mass is 412 g/mol. The highest BCUT2D eigenvalue weighted by atomic mass is 19.4. The molecule has 0 bridgehead atoms. The number of piperidine rings is 1. The summed E-state index contributed by atoms with van der Waals surface area (Å²) in [5.41, 5.74) is -1.01. The van der Waals surface area contributed by atoms with E-state index in [1.807, 2.05) is 0 Å². The Morgan fingerprint density at radius 1 is 1.31 bits per heavy atom. The summed E-state index contributed by atoms with van der Waals surface area (Å²) in [4.78, 5) is 27.5. The molecule has 160 valence electrons. The van der Waals surface area contributed by atoms with Crippen LogP contribution in [-0.2, 0) is 27.0 Å². The van der Waals surface area contributed by atoms with Gasteiger partial charge in [-0.15, -0.1) is 0 Å². The molecule has 29 heavy (non-hydrogen) atoms. The Labute approximate surface area is 168 Å². The zero-order valence-corrected chi connectivity index (χ0v) is 16.6. The van der Waals surface area contributed by atoms with Crippen molar-refractivity contribution in [1.29, 1.82) is 0 Å². The van der Waals surface area contributed by atoms with Crippen molar-refractivity contribution in [1.82, 2.24) is 10.2 Å². The van der Waals surface area contributed by atoms with Crippen LogP contribution in [0.3, 0.4) is 0 Å². The summed E-state index contributed by atoms with van der Waals surface area (Å²) in [5.74, 6) is -0.134. The van der Waals surface area contributed by atoms with Crippen LogP contribution in [-0.4, -0.2) is 43.0 Å². The number of rotatable bonds is 6. The zero-order valence-electron chi connectivity index (χ0n) is 16.6. The number of carbonyl (C=O) groups excluding carboxylic acids is 2. The lowest BCUT2D eigenvalue weighted by atomic mass is 9.64. The van der Waals surface area contributed by atoms with Crippen LogP contribution < -0.4 is 5.32 Å². The smallest absolute Gasteiger partial charge is 0.383 e. The lowest BCUT2D eigenvalue weighted by Crippen LogP contribution is -2.62. The number of ether oxygens (including phenoxy) is 1. The van der Waals surface area contributed by atoms with Gasteiger partial charge in [0.1, 0.15) is 0 Å². The van der Waals surface area contributed by atoms with Crippen molar-refractivity contribution < 1.29 is 27.5 Å². The minimum Gasteiger partial charge on any atom is -0.383 e. The summed E-state index contributed by atoms with van der Waals surface area (Å²) in [5, 5.41) is 2.85. The molecule has 0 radical (unpaired) electrons. The molecule has 0 spiro atoms. The van der Waals surface area contributed by atoms with Gasteiger partial charge in [-0.1, -0.05) is 25.0 Å². The first-order valence-corrected chi connectivity index (χ1v) is 10.0. The normalized spacial score (nSPS) is 24.9. The fraction of sp³-hybridized carbons (Fsp3) is 0.619. The predicted octanol–water partition coefficient (Wildman–Crippen LogP) is 3.52. The second-order valence-electron chi connectivity index (χ2n) is 7.88. The highest BCUT2D eigenvalue weighted by Gasteiger charge is 2.52. The summed E-state index contributed by atoms with van der Waals surface area (Å²) in [6, 6.07) is 4.81. The van der Waals surface area contributed by atoms with Gasteiger partial charge in [-0.25, -0.2) is 0 Å². The molecule has 1 aliphatic carbocycles. The number of alkyl halides is 3. The van der Waals surface area contributed by atoms with Gasteiger partial charge in [0.15, 0.2) is 0 Å². The first-order valence-electron chi connectivity index (χ1n) is 10.0. The van der Waals surface area contributed by atoms with E-state index in [0.717, 1.165) is 31.4 Å². The Morgan fingerprint density at radius 2 is 2.10 bits per heavy atom. The van der Waals surface area contributed by atoms with Gasteiger partial charge in [0.2, 0.25) is 11.8 Å². The van der Waals surface area contributed by atoms with Crippen molar-refractivity contribution in [2.45, 2.75) is 57.3 Å². The third-order valence-corrected chi connectivity index (χ3v) is 6.17. The molecule has 1 N–H and O–H groups in total. The number of methoxy groups -OCH3 is 1. The quantitative estimate of drug-likeness (QED) is 0.778. The number of carbonyl (C=O) groups is 2. The average Bonchev–Trinajstić information content (AvgIpc) is 2.71. The third-order valence-electron chi connectivity index (χ3n) is 6.17. The fourth-order valence-corrected chi connectivity index (χ4v) is 4.68. The van der Waals surface area contributed by atoms with Crippen molar-refractivity contribution in [3.05, 3.63) is 35.4 Å². The maximum atomic E-state index is 13.2. The largest absolute Gasteiger partial charge is 0.416 e. The number of hydrogen-bond acceptors (Lipinski definition) is 3. The van der Waals surface area contributed by atoms with E-state index >= 15 is 0 Å². The summed E-state index contributed by atoms with van der Waals surface area (Å²) in [7, 11) is 1.57. The first kappa shape index (κ1) is 21.6. The summed E-state index contributed by atoms with van der Waals surface area (Å²) in [6.45, 7) is 0.885. The molecule has 3 rings (SSSR count). The molecule has 0 aromatic heterocycles. The van der Waals surface area contributed by atoms with E-state index < -0.39 is 17.2 Å². The van der Waals surface area contributed by atoms with Crippen molar-refractivity contribution in [2.75, 3.05) is 20.3 Å². The van der Waals surface area contributed by atoms with Crippen molar-refractivity contribution in [3.63, 3.8) is 0 Å². The molecule has 1 aromatic rings. The van der Waals surface area contributed by atoms with Crippen molar-refractivity contribution in [3.8, 4) is 0 Å². The Morgan fingerprint density at radius 3 is 2.83 bits per heavy atom. The summed E-state index contributed by atoms with van der Waals surface area (Å²) in [6.07, 6.45) is -0.344. The maximum absolute atomic E-state index is 13.2. The molecule has 1 heterocycles. The Kier molecular flexibility index (Phi) is 6.51. The number of likely N-dealkylation sites (tertiary alicyclic amines) is 1. The minimum absolute atomic E-state index is 0.0310. The van der Waals surface area contributed by atoms with Gasteiger partial charge in [-0.05, 0) is 37.0 Å². The topological polar surface area (TPSA) is 58.6 Å².